The van der Waals surface area contributed by atoms with Gasteiger partial charge in [0.2, 0.25) is 5.91 Å². The molecule has 2 unspecified atom stereocenters. The number of aromatic nitrogens is 3. The Hall–Kier alpha value is -2.19. The van der Waals surface area contributed by atoms with E-state index >= 15 is 0 Å². The summed E-state index contributed by atoms with van der Waals surface area (Å²) in [6.07, 6.45) is 3.77. The molecule has 0 N–H and O–H groups in total. The molecular weight excluding hydrogens is 378 g/mol. The molecular formula is C22H33N7O. The molecule has 3 aliphatic heterocycles. The van der Waals surface area contributed by atoms with Crippen LogP contribution in [-0.4, -0.2) is 101 Å². The average molecular weight is 412 g/mol. The molecule has 8 heteroatoms. The van der Waals surface area contributed by atoms with Crippen molar-refractivity contribution in [1.29, 1.82) is 0 Å². The number of hydrogen-bond donors (Lipinski definition) is 0. The topological polar surface area (TPSA) is 60.2 Å². The number of fused-ring (bicyclic) bond motifs is 2. The van der Waals surface area contributed by atoms with E-state index in [0.717, 1.165) is 63.6 Å². The van der Waals surface area contributed by atoms with Crippen LogP contribution in [-0.2, 0) is 17.6 Å². The molecule has 0 spiro atoms. The highest BCUT2D eigenvalue weighted by molar-refractivity contribution is 5.82. The summed E-state index contributed by atoms with van der Waals surface area (Å²) in [5.41, 5.74) is 3.41. The van der Waals surface area contributed by atoms with E-state index in [1.165, 1.54) is 11.3 Å². The van der Waals surface area contributed by atoms with Gasteiger partial charge in [0.1, 0.15) is 5.82 Å². The van der Waals surface area contributed by atoms with Gasteiger partial charge in [-0.2, -0.15) is 9.61 Å². The summed E-state index contributed by atoms with van der Waals surface area (Å²) in [6.45, 7) is 9.69. The van der Waals surface area contributed by atoms with Crippen molar-refractivity contribution in [2.24, 2.45) is 5.92 Å². The number of carbonyl (C=O) groups is 1. The van der Waals surface area contributed by atoms with E-state index in [4.69, 9.17) is 4.98 Å². The number of rotatable bonds is 2. The Labute approximate surface area is 178 Å². The lowest BCUT2D eigenvalue weighted by atomic mass is 9.95. The van der Waals surface area contributed by atoms with E-state index in [-0.39, 0.29) is 5.92 Å². The van der Waals surface area contributed by atoms with Crippen LogP contribution in [0.25, 0.3) is 5.65 Å². The van der Waals surface area contributed by atoms with Crippen LogP contribution in [0.5, 0.6) is 0 Å². The summed E-state index contributed by atoms with van der Waals surface area (Å²) in [6, 6.07) is 2.80. The van der Waals surface area contributed by atoms with E-state index in [0.29, 0.717) is 18.0 Å². The van der Waals surface area contributed by atoms with Gasteiger partial charge < -0.3 is 14.7 Å². The van der Waals surface area contributed by atoms with Crippen molar-refractivity contribution in [2.45, 2.75) is 38.8 Å². The maximum Gasteiger partial charge on any atom is 0.229 e. The number of hydrogen-bond acceptors (Lipinski definition) is 6. The number of nitrogens with zero attached hydrogens (tertiary/aromatic N) is 7. The molecule has 5 heterocycles. The second kappa shape index (κ2) is 7.50. The number of amides is 1. The zero-order valence-electron chi connectivity index (χ0n) is 18.6. The monoisotopic (exact) mass is 411 g/mol. The highest BCUT2D eigenvalue weighted by Gasteiger charge is 2.40. The highest BCUT2D eigenvalue weighted by Crippen LogP contribution is 2.33. The Morgan fingerprint density at radius 3 is 2.47 bits per heavy atom. The van der Waals surface area contributed by atoms with Crippen molar-refractivity contribution in [3.05, 3.63) is 23.5 Å². The SMILES string of the molecule is CC1CN(C(=O)C2CN(c3c4c(nc5ccnn35)CCN(C)CC4)C2)CC(C)N1C. The molecule has 5 rings (SSSR count). The van der Waals surface area contributed by atoms with E-state index in [2.05, 4.69) is 52.6 Å². The van der Waals surface area contributed by atoms with Crippen LogP contribution >= 0.6 is 0 Å². The molecule has 2 aromatic heterocycles. The molecule has 0 saturated carbocycles. The lowest BCUT2D eigenvalue weighted by Crippen LogP contribution is -2.61. The Balaban J connectivity index is 1.36. The van der Waals surface area contributed by atoms with Crippen molar-refractivity contribution < 1.29 is 4.79 Å². The molecule has 0 aliphatic carbocycles. The van der Waals surface area contributed by atoms with Crippen molar-refractivity contribution in [1.82, 2.24) is 29.3 Å². The zero-order valence-corrected chi connectivity index (χ0v) is 18.6. The average Bonchev–Trinajstić information content (AvgIpc) is 3.07. The van der Waals surface area contributed by atoms with E-state index in [9.17, 15) is 4.79 Å². The normalized spacial score (nSPS) is 26.5. The molecule has 0 aromatic carbocycles. The predicted molar refractivity (Wildman–Crippen MR) is 117 cm³/mol. The number of anilines is 1. The van der Waals surface area contributed by atoms with Crippen LogP contribution in [0.15, 0.2) is 12.3 Å². The molecule has 2 saturated heterocycles. The summed E-state index contributed by atoms with van der Waals surface area (Å²) in [4.78, 5) is 27.3. The third-order valence-electron chi connectivity index (χ3n) is 7.37. The molecule has 1 amide bonds. The van der Waals surface area contributed by atoms with E-state index in [1.54, 1.807) is 0 Å². The highest BCUT2D eigenvalue weighted by atomic mass is 16.2. The van der Waals surface area contributed by atoms with Crippen molar-refractivity contribution in [3.8, 4) is 0 Å². The van der Waals surface area contributed by atoms with Crippen LogP contribution in [0.3, 0.4) is 0 Å². The maximum atomic E-state index is 13.2. The molecule has 162 valence electrons. The summed E-state index contributed by atoms with van der Waals surface area (Å²) < 4.78 is 1.98. The molecule has 0 radical (unpaired) electrons. The second-order valence-electron chi connectivity index (χ2n) is 9.47. The summed E-state index contributed by atoms with van der Waals surface area (Å²) in [5, 5.41) is 4.57. The van der Waals surface area contributed by atoms with Crippen LogP contribution < -0.4 is 4.90 Å². The smallest absolute Gasteiger partial charge is 0.229 e. The summed E-state index contributed by atoms with van der Waals surface area (Å²) >= 11 is 0. The van der Waals surface area contributed by atoms with E-state index in [1.807, 2.05) is 16.8 Å². The van der Waals surface area contributed by atoms with Gasteiger partial charge in [0, 0.05) is 69.4 Å². The zero-order chi connectivity index (χ0) is 21.0. The van der Waals surface area contributed by atoms with Gasteiger partial charge in [-0.3, -0.25) is 9.69 Å². The van der Waals surface area contributed by atoms with Crippen LogP contribution in [0.2, 0.25) is 0 Å². The van der Waals surface area contributed by atoms with Gasteiger partial charge in [0.05, 0.1) is 17.8 Å². The van der Waals surface area contributed by atoms with Crippen molar-refractivity contribution in [2.75, 3.05) is 58.3 Å². The fraction of sp³-hybridized carbons (Fsp3) is 0.682. The van der Waals surface area contributed by atoms with Gasteiger partial charge >= 0.3 is 0 Å². The van der Waals surface area contributed by atoms with Crippen molar-refractivity contribution >= 4 is 17.4 Å². The van der Waals surface area contributed by atoms with Gasteiger partial charge in [-0.15, -0.1) is 0 Å². The third-order valence-corrected chi connectivity index (χ3v) is 7.37. The standard InChI is InChI=1S/C22H33N7O/c1-15-11-28(12-16(2)26(15)4)22(30)17-13-27(14-17)21-18-6-9-25(3)10-7-19(18)24-20-5-8-23-29(20)21/h5,8,15-17H,6-7,9-14H2,1-4H3. The minimum Gasteiger partial charge on any atom is -0.354 e. The minimum absolute atomic E-state index is 0.0793. The molecule has 2 fully saturated rings. The van der Waals surface area contributed by atoms with Crippen LogP contribution in [0.1, 0.15) is 25.1 Å². The summed E-state index contributed by atoms with van der Waals surface area (Å²) in [7, 11) is 4.33. The quantitative estimate of drug-likeness (QED) is 0.727. The molecule has 2 aromatic rings. The Kier molecular flexibility index (Phi) is 4.94. The molecule has 8 nitrogen and oxygen atoms in total. The first-order valence-electron chi connectivity index (χ1n) is 11.2. The number of piperazine rings is 1. The molecule has 2 atom stereocenters. The van der Waals surface area contributed by atoms with Crippen LogP contribution in [0, 0.1) is 5.92 Å². The van der Waals surface area contributed by atoms with Gasteiger partial charge in [-0.1, -0.05) is 0 Å². The minimum atomic E-state index is 0.0793. The summed E-state index contributed by atoms with van der Waals surface area (Å²) in [5.74, 6) is 1.55. The first kappa shape index (κ1) is 19.8. The third kappa shape index (κ3) is 3.26. The van der Waals surface area contributed by atoms with E-state index < -0.39 is 0 Å². The second-order valence-corrected chi connectivity index (χ2v) is 9.47. The number of likely N-dealkylation sites (N-methyl/N-ethyl adjacent to an activating group) is 2. The Morgan fingerprint density at radius 1 is 1.03 bits per heavy atom. The molecule has 0 bridgehead atoms. The largest absolute Gasteiger partial charge is 0.354 e. The molecule has 3 aliphatic rings. The van der Waals surface area contributed by atoms with Crippen LogP contribution in [0.4, 0.5) is 5.82 Å². The lowest BCUT2D eigenvalue weighted by Gasteiger charge is -2.47. The van der Waals surface area contributed by atoms with Crippen molar-refractivity contribution in [3.63, 3.8) is 0 Å². The first-order valence-corrected chi connectivity index (χ1v) is 11.2. The Morgan fingerprint density at radius 2 is 1.73 bits per heavy atom. The first-order chi connectivity index (χ1) is 14.4. The van der Waals surface area contributed by atoms with Gasteiger partial charge in [0.25, 0.3) is 0 Å². The fourth-order valence-electron chi connectivity index (χ4n) is 5.16. The Bertz CT molecular complexity index is 938. The molecule has 30 heavy (non-hydrogen) atoms. The van der Waals surface area contributed by atoms with Gasteiger partial charge in [0.15, 0.2) is 5.65 Å². The maximum absolute atomic E-state index is 13.2. The lowest BCUT2D eigenvalue weighted by molar-refractivity contribution is -0.140. The van der Waals surface area contributed by atoms with Gasteiger partial charge in [-0.25, -0.2) is 4.98 Å². The fourth-order valence-corrected chi connectivity index (χ4v) is 5.16. The predicted octanol–water partition coefficient (Wildman–Crippen LogP) is 0.747. The number of carbonyl (C=O) groups excluding carboxylic acids is 1. The van der Waals surface area contributed by atoms with Gasteiger partial charge in [-0.05, 0) is 34.4 Å².